The van der Waals surface area contributed by atoms with Crippen LogP contribution in [0.3, 0.4) is 0 Å². The van der Waals surface area contributed by atoms with E-state index in [1.54, 1.807) is 0 Å². The topological polar surface area (TPSA) is 38.5 Å². The molecular weight excluding hydrogens is 260 g/mol. The zero-order chi connectivity index (χ0) is 15.1. The fourth-order valence-electron chi connectivity index (χ4n) is 3.11. The van der Waals surface area contributed by atoms with Crippen molar-refractivity contribution in [1.29, 1.82) is 0 Å². The van der Waals surface area contributed by atoms with Crippen LogP contribution in [0, 0.1) is 19.8 Å². The minimum atomic E-state index is 0.806. The lowest BCUT2D eigenvalue weighted by Gasteiger charge is -2.32. The number of nitrogens with two attached hydrogens (primary N) is 1. The van der Waals surface area contributed by atoms with Crippen LogP contribution in [-0.2, 0) is 0 Å². The summed E-state index contributed by atoms with van der Waals surface area (Å²) in [6.07, 6.45) is 4.95. The zero-order valence-electron chi connectivity index (χ0n) is 13.6. The van der Waals surface area contributed by atoms with Gasteiger partial charge < -0.3 is 15.4 Å². The molecule has 1 aromatic rings. The molecule has 2 rings (SSSR count). The number of nitrogens with zero attached hydrogens (tertiary/aromatic N) is 1. The third-order valence-corrected chi connectivity index (χ3v) is 4.54. The van der Waals surface area contributed by atoms with Gasteiger partial charge in [-0.15, -0.1) is 0 Å². The van der Waals surface area contributed by atoms with Crippen LogP contribution in [0.2, 0.25) is 0 Å². The maximum atomic E-state index is 5.86. The summed E-state index contributed by atoms with van der Waals surface area (Å²) in [7, 11) is 0. The second-order valence-electron chi connectivity index (χ2n) is 6.33. The summed E-state index contributed by atoms with van der Waals surface area (Å²) < 4.78 is 5.86. The van der Waals surface area contributed by atoms with Crippen molar-refractivity contribution >= 4 is 0 Å². The monoisotopic (exact) mass is 290 g/mol. The Labute approximate surface area is 129 Å². The molecule has 21 heavy (non-hydrogen) atoms. The van der Waals surface area contributed by atoms with Crippen LogP contribution in [0.25, 0.3) is 0 Å². The molecule has 1 aliphatic rings. The Hall–Kier alpha value is -1.06. The summed E-state index contributed by atoms with van der Waals surface area (Å²) in [5, 5.41) is 0. The molecule has 0 aliphatic carbocycles. The molecule has 3 heteroatoms. The van der Waals surface area contributed by atoms with Crippen molar-refractivity contribution in [3.05, 3.63) is 29.3 Å². The first kappa shape index (κ1) is 16.3. The van der Waals surface area contributed by atoms with Crippen molar-refractivity contribution < 1.29 is 4.74 Å². The maximum Gasteiger partial charge on any atom is 0.119 e. The lowest BCUT2D eigenvalue weighted by Crippen LogP contribution is -2.37. The zero-order valence-corrected chi connectivity index (χ0v) is 13.6. The van der Waals surface area contributed by atoms with Gasteiger partial charge in [0.15, 0.2) is 0 Å². The molecule has 0 amide bonds. The molecule has 1 aliphatic heterocycles. The van der Waals surface area contributed by atoms with Gasteiger partial charge in [0.1, 0.15) is 5.75 Å². The molecule has 0 saturated carbocycles. The highest BCUT2D eigenvalue weighted by atomic mass is 16.5. The van der Waals surface area contributed by atoms with E-state index >= 15 is 0 Å². The Kier molecular flexibility index (Phi) is 6.52. The molecular formula is C18H30N2O. The van der Waals surface area contributed by atoms with E-state index < -0.39 is 0 Å². The van der Waals surface area contributed by atoms with Crippen LogP contribution in [-0.4, -0.2) is 37.7 Å². The number of ether oxygens (including phenoxy) is 1. The lowest BCUT2D eigenvalue weighted by atomic mass is 9.95. The largest absolute Gasteiger partial charge is 0.494 e. The van der Waals surface area contributed by atoms with Crippen molar-refractivity contribution in [2.75, 3.05) is 32.8 Å². The van der Waals surface area contributed by atoms with E-state index in [9.17, 15) is 0 Å². The van der Waals surface area contributed by atoms with Gasteiger partial charge in [-0.1, -0.05) is 6.07 Å². The van der Waals surface area contributed by atoms with E-state index in [0.717, 1.165) is 37.8 Å². The first-order valence-electron chi connectivity index (χ1n) is 8.31. The molecule has 1 aromatic carbocycles. The molecule has 3 nitrogen and oxygen atoms in total. The van der Waals surface area contributed by atoms with Crippen LogP contribution in [0.5, 0.6) is 5.75 Å². The van der Waals surface area contributed by atoms with Crippen LogP contribution >= 0.6 is 0 Å². The van der Waals surface area contributed by atoms with Crippen LogP contribution in [0.15, 0.2) is 18.2 Å². The van der Waals surface area contributed by atoms with E-state index in [1.165, 1.54) is 43.5 Å². The molecule has 118 valence electrons. The van der Waals surface area contributed by atoms with E-state index in [0.29, 0.717) is 0 Å². The van der Waals surface area contributed by atoms with Crippen molar-refractivity contribution in [2.45, 2.75) is 39.5 Å². The van der Waals surface area contributed by atoms with Crippen molar-refractivity contribution in [3.8, 4) is 5.75 Å². The van der Waals surface area contributed by atoms with Gasteiger partial charge in [-0.25, -0.2) is 0 Å². The molecule has 0 aromatic heterocycles. The Balaban J connectivity index is 1.66. The number of hydrogen-bond donors (Lipinski definition) is 1. The van der Waals surface area contributed by atoms with E-state index in [4.69, 9.17) is 10.5 Å². The molecule has 1 atom stereocenters. The van der Waals surface area contributed by atoms with Gasteiger partial charge in [0.05, 0.1) is 6.61 Å². The minimum Gasteiger partial charge on any atom is -0.494 e. The van der Waals surface area contributed by atoms with Crippen LogP contribution in [0.4, 0.5) is 0 Å². The van der Waals surface area contributed by atoms with Crippen LogP contribution in [0.1, 0.15) is 36.8 Å². The molecule has 2 N–H and O–H groups in total. The fourth-order valence-corrected chi connectivity index (χ4v) is 3.11. The summed E-state index contributed by atoms with van der Waals surface area (Å²) in [6.45, 7) is 9.51. The SMILES string of the molecule is Cc1ccc(OCCCN2CCCC(CCN)C2)cc1C. The molecule has 1 unspecified atom stereocenters. The van der Waals surface area contributed by atoms with Crippen LogP contribution < -0.4 is 10.5 Å². The van der Waals surface area contributed by atoms with Gasteiger partial charge in [-0.2, -0.15) is 0 Å². The molecule has 0 bridgehead atoms. The Morgan fingerprint density at radius 1 is 1.29 bits per heavy atom. The van der Waals surface area contributed by atoms with Crippen molar-refractivity contribution in [3.63, 3.8) is 0 Å². The quantitative estimate of drug-likeness (QED) is 0.784. The van der Waals surface area contributed by atoms with Gasteiger partial charge in [0.25, 0.3) is 0 Å². The van der Waals surface area contributed by atoms with Gasteiger partial charge in [-0.05, 0) is 81.8 Å². The highest BCUT2D eigenvalue weighted by Gasteiger charge is 2.18. The molecule has 0 spiro atoms. The third kappa shape index (κ3) is 5.33. The maximum absolute atomic E-state index is 5.86. The lowest BCUT2D eigenvalue weighted by molar-refractivity contribution is 0.158. The molecule has 1 heterocycles. The van der Waals surface area contributed by atoms with Gasteiger partial charge in [0.2, 0.25) is 0 Å². The normalized spacial score (nSPS) is 19.7. The third-order valence-electron chi connectivity index (χ3n) is 4.54. The summed E-state index contributed by atoms with van der Waals surface area (Å²) >= 11 is 0. The van der Waals surface area contributed by atoms with Gasteiger partial charge >= 0.3 is 0 Å². The van der Waals surface area contributed by atoms with Gasteiger partial charge in [0, 0.05) is 13.1 Å². The predicted octanol–water partition coefficient (Wildman–Crippen LogP) is 3.13. The second kappa shape index (κ2) is 8.40. The first-order valence-corrected chi connectivity index (χ1v) is 8.31. The molecule has 1 fully saturated rings. The average molecular weight is 290 g/mol. The van der Waals surface area contributed by atoms with Crippen molar-refractivity contribution in [2.24, 2.45) is 11.7 Å². The number of hydrogen-bond acceptors (Lipinski definition) is 3. The first-order chi connectivity index (χ1) is 10.2. The Bertz CT molecular complexity index is 431. The number of aryl methyl sites for hydroxylation is 2. The minimum absolute atomic E-state index is 0.806. The second-order valence-corrected chi connectivity index (χ2v) is 6.33. The summed E-state index contributed by atoms with van der Waals surface area (Å²) in [5.74, 6) is 1.81. The molecule has 1 saturated heterocycles. The highest BCUT2D eigenvalue weighted by Crippen LogP contribution is 2.19. The standard InChI is InChI=1S/C18H30N2O/c1-15-6-7-18(13-16(15)2)21-12-4-11-20-10-3-5-17(14-20)8-9-19/h6-7,13,17H,3-5,8-12,14,19H2,1-2H3. The van der Waals surface area contributed by atoms with Crippen molar-refractivity contribution in [1.82, 2.24) is 4.90 Å². The number of piperidine rings is 1. The van der Waals surface area contributed by atoms with E-state index in [-0.39, 0.29) is 0 Å². The smallest absolute Gasteiger partial charge is 0.119 e. The predicted molar refractivity (Wildman–Crippen MR) is 88.9 cm³/mol. The van der Waals surface area contributed by atoms with E-state index in [2.05, 4.69) is 36.9 Å². The fraction of sp³-hybridized carbons (Fsp3) is 0.667. The number of benzene rings is 1. The average Bonchev–Trinajstić information content (AvgIpc) is 2.48. The van der Waals surface area contributed by atoms with Gasteiger partial charge in [-0.3, -0.25) is 0 Å². The number of rotatable bonds is 7. The highest BCUT2D eigenvalue weighted by molar-refractivity contribution is 5.33. The Morgan fingerprint density at radius 3 is 2.90 bits per heavy atom. The Morgan fingerprint density at radius 2 is 2.14 bits per heavy atom. The van der Waals surface area contributed by atoms with E-state index in [1.807, 2.05) is 0 Å². The summed E-state index contributed by atoms with van der Waals surface area (Å²) in [5.41, 5.74) is 8.30. The molecule has 0 radical (unpaired) electrons. The number of likely N-dealkylation sites (tertiary alicyclic amines) is 1. The summed E-state index contributed by atoms with van der Waals surface area (Å²) in [6, 6.07) is 6.33. The summed E-state index contributed by atoms with van der Waals surface area (Å²) in [4.78, 5) is 2.58.